The van der Waals surface area contributed by atoms with Gasteiger partial charge >= 0.3 is 5.97 Å². The summed E-state index contributed by atoms with van der Waals surface area (Å²) >= 11 is 7.88. The van der Waals surface area contributed by atoms with E-state index in [1.807, 2.05) is 83.7 Å². The number of nitrogens with one attached hydrogen (secondary N) is 2. The number of carboxylic acids is 1. The van der Waals surface area contributed by atoms with E-state index in [0.717, 1.165) is 22.5 Å². The maximum Gasteiger partial charge on any atom is 0.326 e. The first kappa shape index (κ1) is 27.3. The molecule has 1 atom stereocenters. The van der Waals surface area contributed by atoms with Gasteiger partial charge in [0.2, 0.25) is 0 Å². The maximum atomic E-state index is 13.2. The third-order valence-electron chi connectivity index (χ3n) is 6.13. The van der Waals surface area contributed by atoms with Crippen LogP contribution in [0, 0.1) is 0 Å². The SMILES string of the molecule is CSCC[C@H](NC(=O)c1ccc(NCc2cncn2Cc2ccccc2Cl)cc1-c1ccccc1)C(=O)O. The van der Waals surface area contributed by atoms with Crippen molar-refractivity contribution in [3.05, 3.63) is 107 Å². The highest BCUT2D eigenvalue weighted by Gasteiger charge is 2.22. The normalized spacial score (nSPS) is 11.6. The second-order valence-corrected chi connectivity index (χ2v) is 10.1. The molecular formula is C29H29ClN4O3S. The summed E-state index contributed by atoms with van der Waals surface area (Å²) in [5.74, 6) is -0.819. The molecule has 0 aliphatic rings. The lowest BCUT2D eigenvalue weighted by atomic mass is 9.98. The third-order valence-corrected chi connectivity index (χ3v) is 7.15. The van der Waals surface area contributed by atoms with Crippen LogP contribution in [0.3, 0.4) is 0 Å². The smallest absolute Gasteiger partial charge is 0.326 e. The molecule has 38 heavy (non-hydrogen) atoms. The number of nitrogens with zero attached hydrogens (tertiary/aromatic N) is 2. The Bertz CT molecular complexity index is 1390. The van der Waals surface area contributed by atoms with E-state index in [2.05, 4.69) is 15.6 Å². The molecule has 7 nitrogen and oxygen atoms in total. The maximum absolute atomic E-state index is 13.2. The molecule has 9 heteroatoms. The number of halogens is 1. The van der Waals surface area contributed by atoms with E-state index >= 15 is 0 Å². The number of aromatic nitrogens is 2. The largest absolute Gasteiger partial charge is 0.480 e. The topological polar surface area (TPSA) is 96.3 Å². The Morgan fingerprint density at radius 1 is 1.08 bits per heavy atom. The summed E-state index contributed by atoms with van der Waals surface area (Å²) < 4.78 is 2.04. The molecule has 0 aliphatic heterocycles. The average molecular weight is 549 g/mol. The zero-order valence-corrected chi connectivity index (χ0v) is 22.5. The number of rotatable bonds is 12. The fourth-order valence-electron chi connectivity index (χ4n) is 4.08. The van der Waals surface area contributed by atoms with Crippen LogP contribution in [0.15, 0.2) is 85.3 Å². The van der Waals surface area contributed by atoms with Gasteiger partial charge in [0.1, 0.15) is 6.04 Å². The molecule has 0 aliphatic carbocycles. The Hall–Kier alpha value is -3.75. The van der Waals surface area contributed by atoms with Gasteiger partial charge < -0.3 is 20.3 Å². The number of amides is 1. The van der Waals surface area contributed by atoms with E-state index < -0.39 is 17.9 Å². The fraction of sp³-hybridized carbons (Fsp3) is 0.207. The lowest BCUT2D eigenvalue weighted by Crippen LogP contribution is -2.41. The molecule has 4 aromatic rings. The Balaban J connectivity index is 1.55. The minimum absolute atomic E-state index is 0.352. The molecule has 0 radical (unpaired) electrons. The first-order valence-electron chi connectivity index (χ1n) is 12.1. The quantitative estimate of drug-likeness (QED) is 0.207. The molecule has 3 aromatic carbocycles. The summed E-state index contributed by atoms with van der Waals surface area (Å²) in [5.41, 5.74) is 4.80. The number of aliphatic carboxylic acids is 1. The summed E-state index contributed by atoms with van der Waals surface area (Å²) in [7, 11) is 0. The molecule has 0 bridgehead atoms. The van der Waals surface area contributed by atoms with Crippen LogP contribution in [0.1, 0.15) is 28.0 Å². The Labute approximate surface area is 231 Å². The Kier molecular flexibility index (Phi) is 9.46. The predicted octanol–water partition coefficient (Wildman–Crippen LogP) is 5.80. The zero-order chi connectivity index (χ0) is 26.9. The van der Waals surface area contributed by atoms with Gasteiger partial charge in [-0.1, -0.05) is 60.1 Å². The molecular weight excluding hydrogens is 520 g/mol. The van der Waals surface area contributed by atoms with Crippen molar-refractivity contribution in [3.8, 4) is 11.1 Å². The van der Waals surface area contributed by atoms with Crippen molar-refractivity contribution in [2.75, 3.05) is 17.3 Å². The van der Waals surface area contributed by atoms with Crippen LogP contribution in [0.4, 0.5) is 5.69 Å². The molecule has 4 rings (SSSR count). The number of imidazole rings is 1. The van der Waals surface area contributed by atoms with Crippen molar-refractivity contribution in [1.82, 2.24) is 14.9 Å². The van der Waals surface area contributed by atoms with E-state index in [1.165, 1.54) is 0 Å². The van der Waals surface area contributed by atoms with E-state index in [0.29, 0.717) is 41.4 Å². The number of carboxylic acid groups (broad SMARTS) is 1. The third kappa shape index (κ3) is 6.96. The number of benzene rings is 3. The van der Waals surface area contributed by atoms with Gasteiger partial charge in [0.25, 0.3) is 5.91 Å². The van der Waals surface area contributed by atoms with Crippen LogP contribution in [-0.4, -0.2) is 44.6 Å². The molecule has 0 saturated heterocycles. The predicted molar refractivity (Wildman–Crippen MR) is 154 cm³/mol. The fourth-order valence-corrected chi connectivity index (χ4v) is 4.75. The van der Waals surface area contributed by atoms with Gasteiger partial charge in [0, 0.05) is 22.5 Å². The molecule has 0 saturated carbocycles. The summed E-state index contributed by atoms with van der Waals surface area (Å²) in [6, 6.07) is 21.8. The van der Waals surface area contributed by atoms with Gasteiger partial charge in [-0.05, 0) is 59.4 Å². The summed E-state index contributed by atoms with van der Waals surface area (Å²) in [6.45, 7) is 1.12. The second kappa shape index (κ2) is 13.2. The highest BCUT2D eigenvalue weighted by molar-refractivity contribution is 7.98. The zero-order valence-electron chi connectivity index (χ0n) is 20.9. The van der Waals surface area contributed by atoms with Crippen LogP contribution in [-0.2, 0) is 17.9 Å². The monoisotopic (exact) mass is 548 g/mol. The van der Waals surface area contributed by atoms with Crippen LogP contribution in [0.25, 0.3) is 11.1 Å². The second-order valence-electron chi connectivity index (χ2n) is 8.73. The number of anilines is 1. The summed E-state index contributed by atoms with van der Waals surface area (Å²) in [5, 5.41) is 16.4. The van der Waals surface area contributed by atoms with Crippen molar-refractivity contribution in [2.45, 2.75) is 25.6 Å². The lowest BCUT2D eigenvalue weighted by molar-refractivity contribution is -0.139. The van der Waals surface area contributed by atoms with Crippen molar-refractivity contribution in [1.29, 1.82) is 0 Å². The molecule has 0 fully saturated rings. The van der Waals surface area contributed by atoms with E-state index in [4.69, 9.17) is 11.6 Å². The number of carbonyl (C=O) groups is 2. The van der Waals surface area contributed by atoms with Gasteiger partial charge in [0.05, 0.1) is 25.1 Å². The molecule has 0 spiro atoms. The minimum Gasteiger partial charge on any atom is -0.480 e. The molecule has 1 aromatic heterocycles. The number of carbonyl (C=O) groups excluding carboxylic acids is 1. The van der Waals surface area contributed by atoms with Crippen molar-refractivity contribution in [3.63, 3.8) is 0 Å². The number of thioether (sulfide) groups is 1. The molecule has 1 amide bonds. The standard InChI is InChI=1S/C29H29ClN4O3S/c1-38-14-13-27(29(36)37)33-28(35)24-12-11-22(15-25(24)20-7-3-2-4-8-20)32-17-23-16-31-19-34(23)18-21-9-5-6-10-26(21)30/h2-12,15-16,19,27,32H,13-14,17-18H2,1H3,(H,33,35)(H,36,37)/t27-/m0/s1. The van der Waals surface area contributed by atoms with Gasteiger partial charge in [-0.3, -0.25) is 4.79 Å². The van der Waals surface area contributed by atoms with Crippen molar-refractivity contribution >= 4 is 40.9 Å². The molecule has 3 N–H and O–H groups in total. The first-order chi connectivity index (χ1) is 18.5. The van der Waals surface area contributed by atoms with Gasteiger partial charge in [-0.2, -0.15) is 11.8 Å². The molecule has 1 heterocycles. The van der Waals surface area contributed by atoms with Gasteiger partial charge in [-0.25, -0.2) is 9.78 Å². The van der Waals surface area contributed by atoms with Crippen LogP contribution < -0.4 is 10.6 Å². The summed E-state index contributed by atoms with van der Waals surface area (Å²) in [6.07, 6.45) is 5.84. The Morgan fingerprint density at radius 2 is 1.84 bits per heavy atom. The van der Waals surface area contributed by atoms with Crippen molar-refractivity contribution in [2.24, 2.45) is 0 Å². The molecule has 196 valence electrons. The minimum atomic E-state index is -1.04. The highest BCUT2D eigenvalue weighted by atomic mass is 35.5. The van der Waals surface area contributed by atoms with Crippen molar-refractivity contribution < 1.29 is 14.7 Å². The lowest BCUT2D eigenvalue weighted by Gasteiger charge is -2.17. The van der Waals surface area contributed by atoms with E-state index in [1.54, 1.807) is 24.2 Å². The van der Waals surface area contributed by atoms with Crippen LogP contribution >= 0.6 is 23.4 Å². The summed E-state index contributed by atoms with van der Waals surface area (Å²) in [4.78, 5) is 29.2. The highest BCUT2D eigenvalue weighted by Crippen LogP contribution is 2.28. The average Bonchev–Trinajstić information content (AvgIpc) is 3.38. The first-order valence-corrected chi connectivity index (χ1v) is 13.9. The molecule has 0 unspecified atom stereocenters. The van der Waals surface area contributed by atoms with Crippen LogP contribution in [0.2, 0.25) is 5.02 Å². The van der Waals surface area contributed by atoms with Gasteiger partial charge in [0.15, 0.2) is 0 Å². The van der Waals surface area contributed by atoms with Gasteiger partial charge in [-0.15, -0.1) is 0 Å². The van der Waals surface area contributed by atoms with E-state index in [9.17, 15) is 14.7 Å². The number of hydrogen-bond donors (Lipinski definition) is 3. The van der Waals surface area contributed by atoms with E-state index in [-0.39, 0.29) is 0 Å². The Morgan fingerprint density at radius 3 is 2.58 bits per heavy atom. The van der Waals surface area contributed by atoms with Crippen LogP contribution in [0.5, 0.6) is 0 Å². The number of hydrogen-bond acceptors (Lipinski definition) is 5.